The molecule has 0 aliphatic heterocycles. The van der Waals surface area contributed by atoms with E-state index in [0.29, 0.717) is 23.3 Å². The molecule has 4 saturated carbocycles. The average molecular weight is 354 g/mol. The summed E-state index contributed by atoms with van der Waals surface area (Å²) in [4.78, 5) is 26.9. The summed E-state index contributed by atoms with van der Waals surface area (Å²) in [6.07, 6.45) is 6.73. The van der Waals surface area contributed by atoms with Crippen LogP contribution in [0.4, 0.5) is 0 Å². The van der Waals surface area contributed by atoms with Gasteiger partial charge in [0.1, 0.15) is 0 Å². The molecule has 0 radical (unpaired) electrons. The molecular formula is C22H30N2O2. The van der Waals surface area contributed by atoms with Gasteiger partial charge < -0.3 is 0 Å². The van der Waals surface area contributed by atoms with E-state index in [1.165, 1.54) is 24.3 Å². The highest BCUT2D eigenvalue weighted by atomic mass is 16.2. The number of hydrogen-bond acceptors (Lipinski definition) is 3. The predicted octanol–water partition coefficient (Wildman–Crippen LogP) is 4.17. The molecule has 4 fully saturated rings. The highest BCUT2D eigenvalue weighted by Gasteiger charge is 2.56. The minimum Gasteiger partial charge on any atom is -0.272 e. The summed E-state index contributed by atoms with van der Waals surface area (Å²) in [7, 11) is 0. The van der Waals surface area contributed by atoms with E-state index in [1.54, 1.807) is 12.1 Å². The number of nitrogens with one attached hydrogen (secondary N) is 1. The van der Waals surface area contributed by atoms with Crippen LogP contribution in [0.2, 0.25) is 0 Å². The molecule has 0 atom stereocenters. The van der Waals surface area contributed by atoms with Gasteiger partial charge in [-0.2, -0.15) is 0 Å². The normalized spacial score (nSPS) is 32.5. The molecule has 1 N–H and O–H groups in total. The quantitative estimate of drug-likeness (QED) is 0.654. The third-order valence-electron chi connectivity index (χ3n) is 6.37. The summed E-state index contributed by atoms with van der Waals surface area (Å²) in [6.45, 7) is 5.97. The Morgan fingerprint density at radius 2 is 1.46 bits per heavy atom. The molecular weight excluding hydrogens is 324 g/mol. The molecule has 5 rings (SSSR count). The van der Waals surface area contributed by atoms with E-state index in [1.807, 2.05) is 39.0 Å². The van der Waals surface area contributed by atoms with Gasteiger partial charge in [-0.25, -0.2) is 10.4 Å². The molecule has 4 aliphatic carbocycles. The topological polar surface area (TPSA) is 49.4 Å². The number of rotatable bonds is 3. The van der Waals surface area contributed by atoms with Crippen LogP contribution in [-0.4, -0.2) is 22.4 Å². The molecule has 4 bridgehead atoms. The Morgan fingerprint density at radius 1 is 0.962 bits per heavy atom. The summed E-state index contributed by atoms with van der Waals surface area (Å²) >= 11 is 0. The summed E-state index contributed by atoms with van der Waals surface area (Å²) in [5, 5.41) is 1.35. The minimum absolute atomic E-state index is 0.000350. The molecule has 140 valence electrons. The zero-order chi connectivity index (χ0) is 18.5. The van der Waals surface area contributed by atoms with Gasteiger partial charge in [-0.1, -0.05) is 18.2 Å². The number of carbonyl (C=O) groups is 2. The number of benzene rings is 1. The number of nitrogens with zero attached hydrogens (tertiary/aromatic N) is 1. The first-order valence-corrected chi connectivity index (χ1v) is 9.97. The van der Waals surface area contributed by atoms with Crippen LogP contribution in [0.5, 0.6) is 0 Å². The van der Waals surface area contributed by atoms with Crippen LogP contribution in [0.15, 0.2) is 30.3 Å². The van der Waals surface area contributed by atoms with Gasteiger partial charge in [0.2, 0.25) is 5.91 Å². The van der Waals surface area contributed by atoms with E-state index in [2.05, 4.69) is 5.43 Å². The van der Waals surface area contributed by atoms with E-state index in [9.17, 15) is 9.59 Å². The highest BCUT2D eigenvalue weighted by molar-refractivity contribution is 6.06. The van der Waals surface area contributed by atoms with Crippen molar-refractivity contribution in [1.29, 1.82) is 0 Å². The molecule has 2 amide bonds. The summed E-state index contributed by atoms with van der Waals surface area (Å²) < 4.78 is 0. The van der Waals surface area contributed by atoms with Crippen molar-refractivity contribution in [3.05, 3.63) is 35.9 Å². The monoisotopic (exact) mass is 354 g/mol. The van der Waals surface area contributed by atoms with Crippen LogP contribution in [0.1, 0.15) is 69.7 Å². The van der Waals surface area contributed by atoms with Crippen LogP contribution in [0.3, 0.4) is 0 Å². The van der Waals surface area contributed by atoms with Gasteiger partial charge in [0.15, 0.2) is 0 Å². The summed E-state index contributed by atoms with van der Waals surface area (Å²) in [6, 6.07) is 9.15. The summed E-state index contributed by atoms with van der Waals surface area (Å²) in [5.41, 5.74) is 3.08. The van der Waals surface area contributed by atoms with Crippen molar-refractivity contribution in [2.24, 2.45) is 23.2 Å². The first kappa shape index (κ1) is 17.7. The Balaban J connectivity index is 1.65. The maximum Gasteiger partial charge on any atom is 0.275 e. The third-order valence-corrected chi connectivity index (χ3v) is 6.37. The molecule has 26 heavy (non-hydrogen) atoms. The Kier molecular flexibility index (Phi) is 4.22. The maximum atomic E-state index is 13.7. The fraction of sp³-hybridized carbons (Fsp3) is 0.636. The van der Waals surface area contributed by atoms with Gasteiger partial charge in [0.05, 0.1) is 5.41 Å². The summed E-state index contributed by atoms with van der Waals surface area (Å²) in [5.74, 6) is 1.79. The fourth-order valence-electron chi connectivity index (χ4n) is 5.85. The van der Waals surface area contributed by atoms with Gasteiger partial charge in [0, 0.05) is 11.1 Å². The van der Waals surface area contributed by atoms with Gasteiger partial charge in [0.25, 0.3) is 5.91 Å². The molecule has 0 aromatic heterocycles. The van der Waals surface area contributed by atoms with Gasteiger partial charge in [-0.05, 0) is 89.2 Å². The van der Waals surface area contributed by atoms with Crippen molar-refractivity contribution in [2.45, 2.75) is 64.8 Å². The number of hydrazine groups is 1. The van der Waals surface area contributed by atoms with E-state index in [-0.39, 0.29) is 22.8 Å². The molecule has 0 saturated heterocycles. The Labute approximate surface area is 156 Å². The van der Waals surface area contributed by atoms with Crippen molar-refractivity contribution < 1.29 is 9.59 Å². The number of hydrogen-bond donors (Lipinski definition) is 1. The lowest BCUT2D eigenvalue weighted by molar-refractivity contribution is -0.158. The molecule has 0 unspecified atom stereocenters. The van der Waals surface area contributed by atoms with Crippen LogP contribution in [0, 0.1) is 23.2 Å². The van der Waals surface area contributed by atoms with Crippen molar-refractivity contribution >= 4 is 11.8 Å². The van der Waals surface area contributed by atoms with Crippen LogP contribution in [-0.2, 0) is 4.79 Å². The number of carbonyl (C=O) groups excluding carboxylic acids is 2. The number of amides is 2. The second kappa shape index (κ2) is 6.19. The van der Waals surface area contributed by atoms with E-state index >= 15 is 0 Å². The largest absolute Gasteiger partial charge is 0.275 e. The molecule has 1 aromatic carbocycles. The average Bonchev–Trinajstić information content (AvgIpc) is 2.57. The minimum atomic E-state index is -0.359. The second-order valence-electron chi connectivity index (χ2n) is 9.87. The molecule has 0 spiro atoms. The third kappa shape index (κ3) is 3.20. The SMILES string of the molecule is CC(C)(C)NN(C(=O)c1ccccc1)C(=O)C12CC3CC(CC(C3)C1)C2. The molecule has 4 heteroatoms. The zero-order valence-electron chi connectivity index (χ0n) is 16.1. The Morgan fingerprint density at radius 3 is 1.92 bits per heavy atom. The van der Waals surface area contributed by atoms with Crippen molar-refractivity contribution in [3.63, 3.8) is 0 Å². The van der Waals surface area contributed by atoms with Crippen LogP contribution in [0.25, 0.3) is 0 Å². The van der Waals surface area contributed by atoms with E-state index in [0.717, 1.165) is 19.3 Å². The lowest BCUT2D eigenvalue weighted by atomic mass is 9.49. The number of imide groups is 1. The Bertz CT molecular complexity index is 669. The standard InChI is InChI=1S/C22H30N2O2/c1-21(2,3)23-24(19(25)18-7-5-4-6-8-18)20(26)22-12-15-9-16(13-22)11-17(10-15)14-22/h4-8,15-17,23H,9-14H2,1-3H3. The Hall–Kier alpha value is -1.68. The molecule has 1 aromatic rings. The van der Waals surface area contributed by atoms with E-state index in [4.69, 9.17) is 0 Å². The molecule has 4 nitrogen and oxygen atoms in total. The van der Waals surface area contributed by atoms with Gasteiger partial charge >= 0.3 is 0 Å². The maximum absolute atomic E-state index is 13.7. The highest BCUT2D eigenvalue weighted by Crippen LogP contribution is 2.60. The first-order chi connectivity index (χ1) is 12.3. The van der Waals surface area contributed by atoms with Gasteiger partial charge in [-0.3, -0.25) is 9.59 Å². The lowest BCUT2D eigenvalue weighted by Crippen LogP contribution is -2.62. The smallest absolute Gasteiger partial charge is 0.272 e. The fourth-order valence-corrected chi connectivity index (χ4v) is 5.85. The van der Waals surface area contributed by atoms with Crippen molar-refractivity contribution in [1.82, 2.24) is 10.4 Å². The van der Waals surface area contributed by atoms with Crippen molar-refractivity contribution in [3.8, 4) is 0 Å². The predicted molar refractivity (Wildman–Crippen MR) is 101 cm³/mol. The van der Waals surface area contributed by atoms with Gasteiger partial charge in [-0.15, -0.1) is 0 Å². The van der Waals surface area contributed by atoms with E-state index < -0.39 is 0 Å². The van der Waals surface area contributed by atoms with Crippen LogP contribution >= 0.6 is 0 Å². The zero-order valence-corrected chi connectivity index (χ0v) is 16.1. The van der Waals surface area contributed by atoms with Crippen LogP contribution < -0.4 is 5.43 Å². The lowest BCUT2D eigenvalue weighted by Gasteiger charge is -2.56. The first-order valence-electron chi connectivity index (χ1n) is 9.97. The second-order valence-corrected chi connectivity index (χ2v) is 9.87. The molecule has 4 aliphatic rings. The van der Waals surface area contributed by atoms with Crippen molar-refractivity contribution in [2.75, 3.05) is 0 Å². The molecule has 0 heterocycles.